The quantitative estimate of drug-likeness (QED) is 0.841. The summed E-state index contributed by atoms with van der Waals surface area (Å²) in [5, 5.41) is 4.48. The van der Waals surface area contributed by atoms with Gasteiger partial charge in [-0.05, 0) is 24.6 Å². The standard InChI is InChI=1S/C13H15F3N2O3/c1-8-9(11(19)21-2)4-3-5-10(8)18-12(20)17-7-6-13(14,15)16/h3-5H,6-7H2,1-2H3,(H2,17,18,20). The van der Waals surface area contributed by atoms with Crippen LogP contribution in [0.15, 0.2) is 18.2 Å². The second-order valence-corrected chi connectivity index (χ2v) is 4.22. The monoisotopic (exact) mass is 304 g/mol. The lowest BCUT2D eigenvalue weighted by atomic mass is 10.1. The maximum absolute atomic E-state index is 12.0. The molecule has 2 N–H and O–H groups in total. The van der Waals surface area contributed by atoms with Crippen molar-refractivity contribution in [1.82, 2.24) is 5.32 Å². The first-order valence-corrected chi connectivity index (χ1v) is 6.04. The Labute approximate surface area is 119 Å². The van der Waals surface area contributed by atoms with Crippen molar-refractivity contribution in [2.75, 3.05) is 19.0 Å². The molecule has 0 saturated carbocycles. The molecule has 0 saturated heterocycles. The number of esters is 1. The van der Waals surface area contributed by atoms with Crippen LogP contribution in [0.4, 0.5) is 23.7 Å². The third kappa shape index (κ3) is 5.33. The summed E-state index contributed by atoms with van der Waals surface area (Å²) in [4.78, 5) is 23.0. The van der Waals surface area contributed by atoms with Gasteiger partial charge in [-0.1, -0.05) is 6.07 Å². The highest BCUT2D eigenvalue weighted by atomic mass is 19.4. The Balaban J connectivity index is 2.67. The summed E-state index contributed by atoms with van der Waals surface area (Å²) >= 11 is 0. The van der Waals surface area contributed by atoms with Gasteiger partial charge in [0.2, 0.25) is 0 Å². The molecule has 0 atom stereocenters. The Morgan fingerprint density at radius 3 is 2.52 bits per heavy atom. The third-order valence-electron chi connectivity index (χ3n) is 2.68. The molecular formula is C13H15F3N2O3. The van der Waals surface area contributed by atoms with Crippen molar-refractivity contribution in [2.24, 2.45) is 0 Å². The van der Waals surface area contributed by atoms with Gasteiger partial charge in [-0.3, -0.25) is 0 Å². The molecule has 1 aromatic carbocycles. The van der Waals surface area contributed by atoms with Crippen molar-refractivity contribution in [3.63, 3.8) is 0 Å². The van der Waals surface area contributed by atoms with Crippen molar-refractivity contribution in [3.05, 3.63) is 29.3 Å². The first-order valence-electron chi connectivity index (χ1n) is 6.04. The number of nitrogens with one attached hydrogen (secondary N) is 2. The van der Waals surface area contributed by atoms with E-state index in [2.05, 4.69) is 15.4 Å². The highest BCUT2D eigenvalue weighted by Crippen LogP contribution is 2.20. The van der Waals surface area contributed by atoms with Crippen LogP contribution >= 0.6 is 0 Å². The SMILES string of the molecule is COC(=O)c1cccc(NC(=O)NCCC(F)(F)F)c1C. The van der Waals surface area contributed by atoms with Gasteiger partial charge in [-0.2, -0.15) is 13.2 Å². The Hall–Kier alpha value is -2.25. The van der Waals surface area contributed by atoms with E-state index in [-0.39, 0.29) is 5.56 Å². The summed E-state index contributed by atoms with van der Waals surface area (Å²) in [6, 6.07) is 3.81. The van der Waals surface area contributed by atoms with Gasteiger partial charge in [0, 0.05) is 12.2 Å². The van der Waals surface area contributed by atoms with Gasteiger partial charge in [0.15, 0.2) is 0 Å². The highest BCUT2D eigenvalue weighted by molar-refractivity contribution is 5.96. The van der Waals surface area contributed by atoms with Crippen LogP contribution in [0.25, 0.3) is 0 Å². The van der Waals surface area contributed by atoms with Crippen molar-refractivity contribution in [2.45, 2.75) is 19.5 Å². The summed E-state index contributed by atoms with van der Waals surface area (Å²) in [7, 11) is 1.23. The number of urea groups is 1. The van der Waals surface area contributed by atoms with E-state index in [0.717, 1.165) is 0 Å². The minimum Gasteiger partial charge on any atom is -0.465 e. The fraction of sp³-hybridized carbons (Fsp3) is 0.385. The van der Waals surface area contributed by atoms with E-state index in [1.807, 2.05) is 0 Å². The first kappa shape index (κ1) is 16.8. The molecule has 8 heteroatoms. The summed E-state index contributed by atoms with van der Waals surface area (Å²) in [6.45, 7) is 1.07. The van der Waals surface area contributed by atoms with E-state index in [9.17, 15) is 22.8 Å². The zero-order valence-electron chi connectivity index (χ0n) is 11.5. The van der Waals surface area contributed by atoms with Crippen LogP contribution in [0.5, 0.6) is 0 Å². The zero-order valence-corrected chi connectivity index (χ0v) is 11.5. The molecule has 0 fully saturated rings. The van der Waals surface area contributed by atoms with Crippen molar-refractivity contribution >= 4 is 17.7 Å². The van der Waals surface area contributed by atoms with Crippen LogP contribution in [-0.4, -0.2) is 31.8 Å². The largest absolute Gasteiger partial charge is 0.465 e. The Kier molecular flexibility index (Phi) is 5.57. The molecule has 0 spiro atoms. The maximum atomic E-state index is 12.0. The molecule has 0 radical (unpaired) electrons. The number of carbonyl (C=O) groups excluding carboxylic acids is 2. The van der Waals surface area contributed by atoms with Crippen LogP contribution in [0.2, 0.25) is 0 Å². The van der Waals surface area contributed by atoms with Gasteiger partial charge in [0.25, 0.3) is 0 Å². The molecule has 0 aliphatic rings. The van der Waals surface area contributed by atoms with Crippen LogP contribution in [0.3, 0.4) is 0 Å². The fourth-order valence-electron chi connectivity index (χ4n) is 1.59. The molecular weight excluding hydrogens is 289 g/mol. The lowest BCUT2D eigenvalue weighted by Crippen LogP contribution is -2.32. The number of ether oxygens (including phenoxy) is 1. The Bertz CT molecular complexity index is 530. The number of hydrogen-bond donors (Lipinski definition) is 2. The van der Waals surface area contributed by atoms with Gasteiger partial charge < -0.3 is 15.4 Å². The summed E-state index contributed by atoms with van der Waals surface area (Å²) < 4.78 is 40.5. The minimum atomic E-state index is -4.33. The van der Waals surface area contributed by atoms with Gasteiger partial charge >= 0.3 is 18.2 Å². The van der Waals surface area contributed by atoms with Gasteiger partial charge in [0.1, 0.15) is 0 Å². The number of methoxy groups -OCH3 is 1. The minimum absolute atomic E-state index is 0.269. The van der Waals surface area contributed by atoms with Crippen LogP contribution in [0.1, 0.15) is 22.3 Å². The Morgan fingerprint density at radius 1 is 1.29 bits per heavy atom. The molecule has 0 bridgehead atoms. The second kappa shape index (κ2) is 6.96. The molecule has 0 aliphatic carbocycles. The van der Waals surface area contributed by atoms with E-state index in [4.69, 9.17) is 0 Å². The van der Waals surface area contributed by atoms with Crippen molar-refractivity contribution < 1.29 is 27.5 Å². The predicted molar refractivity (Wildman–Crippen MR) is 70.2 cm³/mol. The van der Waals surface area contributed by atoms with E-state index < -0.39 is 31.1 Å². The zero-order chi connectivity index (χ0) is 16.0. The van der Waals surface area contributed by atoms with E-state index in [1.165, 1.54) is 25.3 Å². The number of rotatable bonds is 4. The third-order valence-corrected chi connectivity index (χ3v) is 2.68. The molecule has 0 heterocycles. The number of anilines is 1. The average Bonchev–Trinajstić information content (AvgIpc) is 2.39. The molecule has 1 rings (SSSR count). The van der Waals surface area contributed by atoms with Crippen molar-refractivity contribution in [1.29, 1.82) is 0 Å². The molecule has 0 aliphatic heterocycles. The molecule has 0 unspecified atom stereocenters. The van der Waals surface area contributed by atoms with Gasteiger partial charge in [-0.15, -0.1) is 0 Å². The molecule has 116 valence electrons. The normalized spacial score (nSPS) is 10.9. The maximum Gasteiger partial charge on any atom is 0.390 e. The summed E-state index contributed by atoms with van der Waals surface area (Å²) in [6.07, 6.45) is -5.43. The van der Waals surface area contributed by atoms with Crippen LogP contribution in [0, 0.1) is 6.92 Å². The number of hydrogen-bond acceptors (Lipinski definition) is 3. The van der Waals surface area contributed by atoms with E-state index in [1.54, 1.807) is 6.92 Å². The second-order valence-electron chi connectivity index (χ2n) is 4.22. The number of benzene rings is 1. The number of carbonyl (C=O) groups is 2. The lowest BCUT2D eigenvalue weighted by molar-refractivity contribution is -0.132. The molecule has 1 aromatic rings. The number of halogens is 3. The predicted octanol–water partition coefficient (Wildman–Crippen LogP) is 2.86. The molecule has 0 aromatic heterocycles. The van der Waals surface area contributed by atoms with Crippen LogP contribution in [-0.2, 0) is 4.74 Å². The molecule has 21 heavy (non-hydrogen) atoms. The number of alkyl halides is 3. The average molecular weight is 304 g/mol. The van der Waals surface area contributed by atoms with Gasteiger partial charge in [0.05, 0.1) is 19.1 Å². The van der Waals surface area contributed by atoms with E-state index >= 15 is 0 Å². The molecule has 5 nitrogen and oxygen atoms in total. The smallest absolute Gasteiger partial charge is 0.390 e. The fourth-order valence-corrected chi connectivity index (χ4v) is 1.59. The van der Waals surface area contributed by atoms with E-state index in [0.29, 0.717) is 11.3 Å². The van der Waals surface area contributed by atoms with Gasteiger partial charge in [-0.25, -0.2) is 9.59 Å². The topological polar surface area (TPSA) is 67.4 Å². The summed E-state index contributed by atoms with van der Waals surface area (Å²) in [5.74, 6) is -0.561. The van der Waals surface area contributed by atoms with Crippen molar-refractivity contribution in [3.8, 4) is 0 Å². The lowest BCUT2D eigenvalue weighted by Gasteiger charge is -2.12. The summed E-state index contributed by atoms with van der Waals surface area (Å²) in [5.41, 5.74) is 1.06. The molecule has 2 amide bonds. The first-order chi connectivity index (χ1) is 9.74. The van der Waals surface area contributed by atoms with Crippen LogP contribution < -0.4 is 10.6 Å². The Morgan fingerprint density at radius 2 is 1.95 bits per heavy atom. The highest BCUT2D eigenvalue weighted by Gasteiger charge is 2.26. The number of amides is 2.